The largest absolute Gasteiger partial charge is 0.423 e. The molecule has 2 aromatic carbocycles. The average molecular weight is 338 g/mol. The number of hydrogen-bond donors (Lipinski definition) is 0. The van der Waals surface area contributed by atoms with Gasteiger partial charge in [-0.05, 0) is 30.3 Å². The van der Waals surface area contributed by atoms with Crippen LogP contribution in [0.4, 0.5) is 11.4 Å². The van der Waals surface area contributed by atoms with Crippen molar-refractivity contribution in [3.63, 3.8) is 0 Å². The van der Waals surface area contributed by atoms with Gasteiger partial charge in [0.15, 0.2) is 0 Å². The Labute approximate surface area is 141 Å². The summed E-state index contributed by atoms with van der Waals surface area (Å²) in [4.78, 5) is 47.4. The van der Waals surface area contributed by atoms with Crippen LogP contribution in [-0.2, 0) is 4.79 Å². The van der Waals surface area contributed by atoms with Gasteiger partial charge in [-0.2, -0.15) is 0 Å². The fourth-order valence-electron chi connectivity index (χ4n) is 2.48. The van der Waals surface area contributed by atoms with Gasteiger partial charge >= 0.3 is 5.97 Å². The van der Waals surface area contributed by atoms with Gasteiger partial charge in [-0.3, -0.25) is 19.7 Å². The minimum absolute atomic E-state index is 0.0265. The van der Waals surface area contributed by atoms with Crippen LogP contribution in [0, 0.1) is 10.1 Å². The molecular weight excluding hydrogens is 328 g/mol. The molecule has 2 amide bonds. The lowest BCUT2D eigenvalue weighted by atomic mass is 10.1. The van der Waals surface area contributed by atoms with Crippen LogP contribution in [0.1, 0.15) is 20.7 Å². The van der Waals surface area contributed by atoms with Crippen molar-refractivity contribution in [2.75, 3.05) is 4.90 Å². The van der Waals surface area contributed by atoms with Gasteiger partial charge in [0, 0.05) is 12.1 Å². The number of carbonyl (C=O) groups excluding carboxylic acids is 3. The number of nitrogens with zero attached hydrogens (tertiary/aromatic N) is 2. The van der Waals surface area contributed by atoms with Gasteiger partial charge in [0.25, 0.3) is 17.5 Å². The van der Waals surface area contributed by atoms with Gasteiger partial charge in [-0.25, -0.2) is 9.69 Å². The molecule has 0 aliphatic carbocycles. The summed E-state index contributed by atoms with van der Waals surface area (Å²) in [6.45, 7) is 3.28. The third-order valence-corrected chi connectivity index (χ3v) is 3.57. The Balaban J connectivity index is 1.97. The van der Waals surface area contributed by atoms with Crippen LogP contribution < -0.4 is 9.64 Å². The Morgan fingerprint density at radius 2 is 1.80 bits per heavy atom. The summed E-state index contributed by atoms with van der Waals surface area (Å²) in [7, 11) is 0. The Hall–Kier alpha value is -3.81. The van der Waals surface area contributed by atoms with Gasteiger partial charge in [0.05, 0.1) is 16.2 Å². The number of carbonyl (C=O) groups is 3. The van der Waals surface area contributed by atoms with E-state index >= 15 is 0 Å². The van der Waals surface area contributed by atoms with Crippen LogP contribution in [0.3, 0.4) is 0 Å². The summed E-state index contributed by atoms with van der Waals surface area (Å²) in [5.74, 6) is -1.87. The molecule has 1 heterocycles. The SMILES string of the molecule is C=CC(=O)Oc1ccc(N2C(=O)c3cccc([N+](=O)[O-])c3C2=O)cc1. The average Bonchev–Trinajstić information content (AvgIpc) is 2.86. The van der Waals surface area contributed by atoms with E-state index in [1.807, 2.05) is 0 Å². The topological polar surface area (TPSA) is 107 Å². The molecule has 0 saturated heterocycles. The first-order valence-corrected chi connectivity index (χ1v) is 7.04. The van der Waals surface area contributed by atoms with Crippen LogP contribution >= 0.6 is 0 Å². The second kappa shape index (κ2) is 6.00. The molecule has 0 atom stereocenters. The Morgan fingerprint density at radius 1 is 1.12 bits per heavy atom. The van der Waals surface area contributed by atoms with Crippen molar-refractivity contribution in [1.29, 1.82) is 0 Å². The number of benzene rings is 2. The highest BCUT2D eigenvalue weighted by molar-refractivity contribution is 6.35. The van der Waals surface area contributed by atoms with E-state index in [1.54, 1.807) is 0 Å². The monoisotopic (exact) mass is 338 g/mol. The first-order valence-electron chi connectivity index (χ1n) is 7.04. The van der Waals surface area contributed by atoms with Crippen molar-refractivity contribution in [2.24, 2.45) is 0 Å². The molecule has 0 spiro atoms. The molecule has 0 saturated carbocycles. The summed E-state index contributed by atoms with van der Waals surface area (Å²) < 4.78 is 4.91. The lowest BCUT2D eigenvalue weighted by Crippen LogP contribution is -2.29. The molecule has 0 bridgehead atoms. The third-order valence-electron chi connectivity index (χ3n) is 3.57. The van der Waals surface area contributed by atoms with Crippen LogP contribution in [0.25, 0.3) is 0 Å². The molecule has 8 nitrogen and oxygen atoms in total. The number of imide groups is 1. The van der Waals surface area contributed by atoms with E-state index in [1.165, 1.54) is 42.5 Å². The van der Waals surface area contributed by atoms with Crippen LogP contribution in [0.15, 0.2) is 55.1 Å². The van der Waals surface area contributed by atoms with Crippen molar-refractivity contribution in [3.05, 3.63) is 76.4 Å². The van der Waals surface area contributed by atoms with E-state index in [4.69, 9.17) is 4.74 Å². The molecule has 0 fully saturated rings. The summed E-state index contributed by atoms with van der Waals surface area (Å²) >= 11 is 0. The highest BCUT2D eigenvalue weighted by Crippen LogP contribution is 2.34. The molecular formula is C17H10N2O6. The van der Waals surface area contributed by atoms with E-state index in [2.05, 4.69) is 6.58 Å². The molecule has 0 N–H and O–H groups in total. The molecule has 124 valence electrons. The van der Waals surface area contributed by atoms with Gasteiger partial charge in [0.2, 0.25) is 0 Å². The van der Waals surface area contributed by atoms with Crippen LogP contribution in [0.2, 0.25) is 0 Å². The quantitative estimate of drug-likeness (QED) is 0.212. The standard InChI is InChI=1S/C17H10N2O6/c1-2-14(20)25-11-8-6-10(7-9-11)18-16(21)12-4-3-5-13(19(23)24)15(12)17(18)22/h2-9H,1H2. The number of amides is 2. The van der Waals surface area contributed by atoms with Crippen molar-refractivity contribution in [3.8, 4) is 5.75 Å². The Bertz CT molecular complexity index is 933. The second-order valence-corrected chi connectivity index (χ2v) is 5.02. The van der Waals surface area contributed by atoms with E-state index < -0.39 is 28.4 Å². The minimum Gasteiger partial charge on any atom is -0.423 e. The first-order chi connectivity index (χ1) is 11.9. The van der Waals surface area contributed by atoms with E-state index in [9.17, 15) is 24.5 Å². The van der Waals surface area contributed by atoms with Crippen molar-refractivity contribution in [1.82, 2.24) is 0 Å². The summed E-state index contributed by atoms with van der Waals surface area (Å²) in [5, 5.41) is 11.1. The zero-order valence-electron chi connectivity index (χ0n) is 12.7. The predicted molar refractivity (Wildman–Crippen MR) is 86.5 cm³/mol. The van der Waals surface area contributed by atoms with E-state index in [0.29, 0.717) is 0 Å². The molecule has 0 radical (unpaired) electrons. The van der Waals surface area contributed by atoms with Crippen molar-refractivity contribution in [2.45, 2.75) is 0 Å². The van der Waals surface area contributed by atoms with Gasteiger partial charge in [-0.1, -0.05) is 12.6 Å². The smallest absolute Gasteiger partial charge is 0.335 e. The molecule has 2 aromatic rings. The maximum atomic E-state index is 12.5. The minimum atomic E-state index is -0.775. The van der Waals surface area contributed by atoms with Crippen molar-refractivity contribution >= 4 is 29.2 Å². The number of fused-ring (bicyclic) bond motifs is 1. The molecule has 0 unspecified atom stereocenters. The number of rotatable bonds is 4. The number of hydrogen-bond acceptors (Lipinski definition) is 6. The zero-order chi connectivity index (χ0) is 18.1. The van der Waals surface area contributed by atoms with Crippen LogP contribution in [0.5, 0.6) is 5.75 Å². The van der Waals surface area contributed by atoms with E-state index in [-0.39, 0.29) is 22.6 Å². The molecule has 25 heavy (non-hydrogen) atoms. The number of esters is 1. The van der Waals surface area contributed by atoms with E-state index in [0.717, 1.165) is 11.0 Å². The van der Waals surface area contributed by atoms with Gasteiger partial charge in [-0.15, -0.1) is 0 Å². The molecule has 8 heteroatoms. The Morgan fingerprint density at radius 3 is 2.40 bits per heavy atom. The summed E-state index contributed by atoms with van der Waals surface area (Å²) in [6, 6.07) is 9.49. The number of nitro benzene ring substituents is 1. The van der Waals surface area contributed by atoms with Gasteiger partial charge < -0.3 is 4.74 Å². The third kappa shape index (κ3) is 2.65. The normalized spacial score (nSPS) is 12.7. The summed E-state index contributed by atoms with van der Waals surface area (Å²) in [5.41, 5.74) is -0.477. The molecule has 0 aromatic heterocycles. The fraction of sp³-hybridized carbons (Fsp3) is 0. The van der Waals surface area contributed by atoms with Crippen LogP contribution in [-0.4, -0.2) is 22.7 Å². The lowest BCUT2D eigenvalue weighted by Gasteiger charge is -2.14. The second-order valence-electron chi connectivity index (χ2n) is 5.02. The highest BCUT2D eigenvalue weighted by atomic mass is 16.6. The Kier molecular flexibility index (Phi) is 3.86. The number of anilines is 1. The molecule has 1 aliphatic heterocycles. The molecule has 1 aliphatic rings. The van der Waals surface area contributed by atoms with Crippen molar-refractivity contribution < 1.29 is 24.0 Å². The first kappa shape index (κ1) is 16.1. The molecule has 3 rings (SSSR count). The number of nitro groups is 1. The maximum absolute atomic E-state index is 12.5. The lowest BCUT2D eigenvalue weighted by molar-refractivity contribution is -0.385. The summed E-state index contributed by atoms with van der Waals surface area (Å²) in [6.07, 6.45) is 0.997. The predicted octanol–water partition coefficient (Wildman–Crippen LogP) is 2.49. The fourth-order valence-corrected chi connectivity index (χ4v) is 2.48. The zero-order valence-corrected chi connectivity index (χ0v) is 12.7. The maximum Gasteiger partial charge on any atom is 0.335 e. The number of ether oxygens (including phenoxy) is 1. The van der Waals surface area contributed by atoms with Gasteiger partial charge in [0.1, 0.15) is 11.3 Å². The highest BCUT2D eigenvalue weighted by Gasteiger charge is 2.41.